The highest BCUT2D eigenvalue weighted by atomic mass is 16.4. The normalized spacial score (nSPS) is 26.4. The first-order valence-electron chi connectivity index (χ1n) is 7.59. The van der Waals surface area contributed by atoms with E-state index in [0.29, 0.717) is 18.9 Å². The van der Waals surface area contributed by atoms with Crippen LogP contribution >= 0.6 is 0 Å². The molecule has 0 aromatic carbocycles. The van der Waals surface area contributed by atoms with Gasteiger partial charge in [0, 0.05) is 19.0 Å². The van der Waals surface area contributed by atoms with Gasteiger partial charge in [0.15, 0.2) is 0 Å². The average Bonchev–Trinajstić information content (AvgIpc) is 2.90. The Kier molecular flexibility index (Phi) is 4.83. The molecule has 1 saturated carbocycles. The summed E-state index contributed by atoms with van der Waals surface area (Å²) >= 11 is 0. The van der Waals surface area contributed by atoms with Crippen LogP contribution in [-0.2, 0) is 9.59 Å². The molecular weight excluding hydrogens is 242 g/mol. The molecule has 0 radical (unpaired) electrons. The molecule has 1 aliphatic carbocycles. The minimum absolute atomic E-state index is 0.0515. The van der Waals surface area contributed by atoms with Gasteiger partial charge in [0.05, 0.1) is 5.92 Å². The Labute approximate surface area is 115 Å². The number of carbonyl (C=O) groups is 2. The Hall–Kier alpha value is -1.06. The Balaban J connectivity index is 1.85. The van der Waals surface area contributed by atoms with Crippen molar-refractivity contribution in [3.05, 3.63) is 0 Å². The van der Waals surface area contributed by atoms with Gasteiger partial charge >= 0.3 is 5.97 Å². The fourth-order valence-corrected chi connectivity index (χ4v) is 3.54. The number of rotatable bonds is 4. The van der Waals surface area contributed by atoms with Crippen molar-refractivity contribution in [1.82, 2.24) is 4.90 Å². The minimum atomic E-state index is -0.763. The standard InChI is InChI=1S/C15H25NO3/c1-11(9-12-5-2-3-6-12)14(17)16-8-4-7-13(10-16)15(18)19/h11-13H,2-10H2,1H3,(H,18,19). The van der Waals surface area contributed by atoms with Crippen molar-refractivity contribution >= 4 is 11.9 Å². The maximum atomic E-state index is 12.4. The summed E-state index contributed by atoms with van der Waals surface area (Å²) in [6, 6.07) is 0. The predicted molar refractivity (Wildman–Crippen MR) is 72.7 cm³/mol. The lowest BCUT2D eigenvalue weighted by Gasteiger charge is -2.33. The summed E-state index contributed by atoms with van der Waals surface area (Å²) in [7, 11) is 0. The van der Waals surface area contributed by atoms with Gasteiger partial charge in [0.1, 0.15) is 0 Å². The van der Waals surface area contributed by atoms with E-state index in [4.69, 9.17) is 5.11 Å². The fraction of sp³-hybridized carbons (Fsp3) is 0.867. The second-order valence-corrected chi connectivity index (χ2v) is 6.25. The lowest BCUT2D eigenvalue weighted by Crippen LogP contribution is -2.44. The molecule has 1 saturated heterocycles. The number of likely N-dealkylation sites (tertiary alicyclic amines) is 1. The van der Waals surface area contributed by atoms with E-state index in [0.717, 1.165) is 19.4 Å². The van der Waals surface area contributed by atoms with E-state index in [9.17, 15) is 9.59 Å². The smallest absolute Gasteiger partial charge is 0.308 e. The molecule has 2 fully saturated rings. The maximum Gasteiger partial charge on any atom is 0.308 e. The van der Waals surface area contributed by atoms with Crippen LogP contribution in [0.25, 0.3) is 0 Å². The van der Waals surface area contributed by atoms with Crippen molar-refractivity contribution in [2.24, 2.45) is 17.8 Å². The molecule has 4 nitrogen and oxygen atoms in total. The summed E-state index contributed by atoms with van der Waals surface area (Å²) < 4.78 is 0. The Bertz CT molecular complexity index is 336. The molecule has 19 heavy (non-hydrogen) atoms. The minimum Gasteiger partial charge on any atom is -0.481 e. The van der Waals surface area contributed by atoms with Gasteiger partial charge in [-0.25, -0.2) is 0 Å². The first-order chi connectivity index (χ1) is 9.08. The van der Waals surface area contributed by atoms with Gasteiger partial charge in [-0.3, -0.25) is 9.59 Å². The zero-order valence-electron chi connectivity index (χ0n) is 11.8. The van der Waals surface area contributed by atoms with E-state index >= 15 is 0 Å². The third-order valence-corrected chi connectivity index (χ3v) is 4.67. The SMILES string of the molecule is CC(CC1CCCC1)C(=O)N1CCCC(C(=O)O)C1. The van der Waals surface area contributed by atoms with Crippen molar-refractivity contribution in [3.8, 4) is 0 Å². The number of carboxylic acids is 1. The zero-order chi connectivity index (χ0) is 13.8. The van der Waals surface area contributed by atoms with Gasteiger partial charge in [-0.05, 0) is 25.2 Å². The molecular formula is C15H25NO3. The summed E-state index contributed by atoms with van der Waals surface area (Å²) in [6.07, 6.45) is 7.62. The van der Waals surface area contributed by atoms with Crippen LogP contribution < -0.4 is 0 Å². The van der Waals surface area contributed by atoms with Crippen molar-refractivity contribution in [2.75, 3.05) is 13.1 Å². The molecule has 2 atom stereocenters. The molecule has 2 unspecified atom stereocenters. The summed E-state index contributed by atoms with van der Waals surface area (Å²) in [4.78, 5) is 25.2. The van der Waals surface area contributed by atoms with Crippen LogP contribution in [0.3, 0.4) is 0 Å². The van der Waals surface area contributed by atoms with Gasteiger partial charge < -0.3 is 10.0 Å². The highest BCUT2D eigenvalue weighted by Crippen LogP contribution is 2.31. The number of carbonyl (C=O) groups excluding carboxylic acids is 1. The average molecular weight is 267 g/mol. The largest absolute Gasteiger partial charge is 0.481 e. The van der Waals surface area contributed by atoms with Crippen molar-refractivity contribution in [3.63, 3.8) is 0 Å². The number of amides is 1. The molecule has 2 rings (SSSR count). The molecule has 0 spiro atoms. The van der Waals surface area contributed by atoms with Crippen LogP contribution in [0.5, 0.6) is 0 Å². The van der Waals surface area contributed by atoms with Crippen LogP contribution in [0.15, 0.2) is 0 Å². The predicted octanol–water partition coefficient (Wildman–Crippen LogP) is 2.53. The van der Waals surface area contributed by atoms with Crippen LogP contribution in [0.4, 0.5) is 0 Å². The summed E-state index contributed by atoms with van der Waals surface area (Å²) in [5, 5.41) is 9.07. The Morgan fingerprint density at radius 1 is 1.21 bits per heavy atom. The van der Waals surface area contributed by atoms with Gasteiger partial charge in [-0.15, -0.1) is 0 Å². The molecule has 4 heteroatoms. The monoisotopic (exact) mass is 267 g/mol. The second kappa shape index (κ2) is 6.40. The highest BCUT2D eigenvalue weighted by molar-refractivity contribution is 5.79. The summed E-state index contributed by atoms with van der Waals surface area (Å²) in [5.74, 6) is -0.204. The van der Waals surface area contributed by atoms with E-state index in [2.05, 4.69) is 0 Å². The third-order valence-electron chi connectivity index (χ3n) is 4.67. The van der Waals surface area contributed by atoms with Gasteiger partial charge in [-0.2, -0.15) is 0 Å². The third kappa shape index (κ3) is 3.71. The quantitative estimate of drug-likeness (QED) is 0.851. The number of hydrogen-bond donors (Lipinski definition) is 1. The first kappa shape index (κ1) is 14.4. The van der Waals surface area contributed by atoms with Crippen LogP contribution in [0.1, 0.15) is 51.9 Å². The molecule has 0 aromatic heterocycles. The number of hydrogen-bond acceptors (Lipinski definition) is 2. The molecule has 0 aromatic rings. The van der Waals surface area contributed by atoms with E-state index in [-0.39, 0.29) is 17.7 Å². The lowest BCUT2D eigenvalue weighted by atomic mass is 9.91. The Morgan fingerprint density at radius 2 is 1.89 bits per heavy atom. The number of aliphatic carboxylic acids is 1. The van der Waals surface area contributed by atoms with Crippen LogP contribution in [0, 0.1) is 17.8 Å². The molecule has 1 N–H and O–H groups in total. The molecule has 0 bridgehead atoms. The van der Waals surface area contributed by atoms with Gasteiger partial charge in [0.2, 0.25) is 5.91 Å². The molecule has 1 amide bonds. The van der Waals surface area contributed by atoms with Gasteiger partial charge in [-0.1, -0.05) is 32.6 Å². The van der Waals surface area contributed by atoms with Crippen molar-refractivity contribution in [2.45, 2.75) is 51.9 Å². The number of nitrogens with zero attached hydrogens (tertiary/aromatic N) is 1. The lowest BCUT2D eigenvalue weighted by molar-refractivity contribution is -0.146. The zero-order valence-corrected chi connectivity index (χ0v) is 11.8. The molecule has 1 heterocycles. The first-order valence-corrected chi connectivity index (χ1v) is 7.59. The van der Waals surface area contributed by atoms with E-state index in [1.165, 1.54) is 25.7 Å². The summed E-state index contributed by atoms with van der Waals surface area (Å²) in [5.41, 5.74) is 0. The van der Waals surface area contributed by atoms with Crippen molar-refractivity contribution < 1.29 is 14.7 Å². The van der Waals surface area contributed by atoms with E-state index in [1.807, 2.05) is 6.92 Å². The topological polar surface area (TPSA) is 57.6 Å². The van der Waals surface area contributed by atoms with Crippen LogP contribution in [-0.4, -0.2) is 35.0 Å². The fourth-order valence-electron chi connectivity index (χ4n) is 3.54. The molecule has 1 aliphatic heterocycles. The molecule has 108 valence electrons. The maximum absolute atomic E-state index is 12.4. The Morgan fingerprint density at radius 3 is 2.53 bits per heavy atom. The summed E-state index contributed by atoms with van der Waals surface area (Å²) in [6.45, 7) is 3.14. The van der Waals surface area contributed by atoms with Gasteiger partial charge in [0.25, 0.3) is 0 Å². The van der Waals surface area contributed by atoms with Crippen LogP contribution in [0.2, 0.25) is 0 Å². The number of piperidine rings is 1. The number of carboxylic acid groups (broad SMARTS) is 1. The van der Waals surface area contributed by atoms with E-state index in [1.54, 1.807) is 4.90 Å². The molecule has 2 aliphatic rings. The van der Waals surface area contributed by atoms with Crippen molar-refractivity contribution in [1.29, 1.82) is 0 Å². The van der Waals surface area contributed by atoms with E-state index < -0.39 is 5.97 Å². The highest BCUT2D eigenvalue weighted by Gasteiger charge is 2.31. The second-order valence-electron chi connectivity index (χ2n) is 6.25.